The molecule has 0 radical (unpaired) electrons. The van der Waals surface area contributed by atoms with Crippen molar-refractivity contribution in [1.29, 1.82) is 0 Å². The fourth-order valence-corrected chi connectivity index (χ4v) is 7.00. The van der Waals surface area contributed by atoms with E-state index in [1.54, 1.807) is 0 Å². The summed E-state index contributed by atoms with van der Waals surface area (Å²) in [5.41, 5.74) is 0. The molecule has 0 unspecified atom stereocenters. The highest BCUT2D eigenvalue weighted by Crippen LogP contribution is 2.72. The molecule has 0 saturated heterocycles. The second kappa shape index (κ2) is 18.3. The van der Waals surface area contributed by atoms with Gasteiger partial charge in [0.25, 0.3) is 3.75 Å². The van der Waals surface area contributed by atoms with Gasteiger partial charge in [0.15, 0.2) is 0 Å². The van der Waals surface area contributed by atoms with Crippen molar-refractivity contribution in [2.24, 2.45) is 0 Å². The van der Waals surface area contributed by atoms with E-state index in [1.807, 2.05) is 0 Å². The average molecular weight is 492 g/mol. The molecule has 0 atom stereocenters. The van der Waals surface area contributed by atoms with Crippen LogP contribution in [-0.2, 0) is 4.57 Å². The van der Waals surface area contributed by atoms with E-state index < -0.39 is 3.75 Å². The third kappa shape index (κ3) is 23.5. The molecule has 0 amide bonds. The van der Waals surface area contributed by atoms with Crippen LogP contribution in [0.5, 0.6) is 0 Å². The predicted octanol–water partition coefficient (Wildman–Crippen LogP) is 9.88. The van der Waals surface area contributed by atoms with E-state index in [0.29, 0.717) is 0 Å². The van der Waals surface area contributed by atoms with Crippen LogP contribution in [0.2, 0.25) is 0 Å². The van der Waals surface area contributed by atoms with Crippen LogP contribution in [0.15, 0.2) is 0 Å². The van der Waals surface area contributed by atoms with Crippen LogP contribution < -0.4 is 0 Å². The summed E-state index contributed by atoms with van der Waals surface area (Å²) in [4.78, 5) is 0. The Labute approximate surface area is 165 Å². The first-order chi connectivity index (χ1) is 11.1. The molecule has 5 heteroatoms. The number of halogens is 2. The molecule has 0 aromatic rings. The van der Waals surface area contributed by atoms with Gasteiger partial charge in [-0.25, -0.2) is 0 Å². The lowest BCUT2D eigenvalue weighted by Gasteiger charge is -2.04. The summed E-state index contributed by atoms with van der Waals surface area (Å²) < 4.78 is 9.16. The van der Waals surface area contributed by atoms with Crippen molar-refractivity contribution in [2.75, 3.05) is 5.75 Å². The highest BCUT2D eigenvalue weighted by Gasteiger charge is 2.11. The zero-order valence-corrected chi connectivity index (χ0v) is 19.9. The van der Waals surface area contributed by atoms with Crippen molar-refractivity contribution in [1.82, 2.24) is 0 Å². The Balaban J connectivity index is 3.01. The molecule has 0 heterocycles. The van der Waals surface area contributed by atoms with Crippen LogP contribution >= 0.6 is 46.1 Å². The fourth-order valence-electron chi connectivity index (χ4n) is 2.82. The SMILES string of the molecule is CCCCCCCCCCCCCCCCCCSP(=O)(Br)Br. The van der Waals surface area contributed by atoms with Crippen LogP contribution in [0.1, 0.15) is 110 Å². The van der Waals surface area contributed by atoms with Gasteiger partial charge in [0, 0.05) is 36.7 Å². The van der Waals surface area contributed by atoms with Crippen molar-refractivity contribution < 1.29 is 4.57 Å². The molecule has 0 rings (SSSR count). The lowest BCUT2D eigenvalue weighted by Crippen LogP contribution is -1.84. The van der Waals surface area contributed by atoms with Crippen LogP contribution in [0.25, 0.3) is 0 Å². The molecule has 0 N–H and O–H groups in total. The third-order valence-corrected chi connectivity index (χ3v) is 10.1. The van der Waals surface area contributed by atoms with Gasteiger partial charge in [-0.15, -0.1) is 0 Å². The maximum atomic E-state index is 11.4. The molecule has 1 nitrogen and oxygen atoms in total. The van der Waals surface area contributed by atoms with Crippen molar-refractivity contribution in [2.45, 2.75) is 110 Å². The Hall–Kier alpha value is 1.54. The minimum atomic E-state index is -2.21. The van der Waals surface area contributed by atoms with E-state index in [4.69, 9.17) is 0 Å². The molecule has 0 fully saturated rings. The summed E-state index contributed by atoms with van der Waals surface area (Å²) in [5, 5.41) is 0. The van der Waals surface area contributed by atoms with Gasteiger partial charge in [-0.2, -0.15) is 0 Å². The van der Waals surface area contributed by atoms with Crippen molar-refractivity contribution in [3.05, 3.63) is 0 Å². The van der Waals surface area contributed by atoms with Gasteiger partial charge in [-0.3, -0.25) is 4.57 Å². The molecule has 0 aromatic carbocycles. The lowest BCUT2D eigenvalue weighted by molar-refractivity contribution is 0.532. The summed E-state index contributed by atoms with van der Waals surface area (Å²) in [5.74, 6) is 0.992. The number of hydrogen-bond acceptors (Lipinski definition) is 2. The van der Waals surface area contributed by atoms with E-state index in [9.17, 15) is 4.57 Å². The molecular weight excluding hydrogens is 455 g/mol. The molecule has 0 spiro atoms. The van der Waals surface area contributed by atoms with Crippen LogP contribution in [0.4, 0.5) is 0 Å². The monoisotopic (exact) mass is 490 g/mol. The molecule has 0 bridgehead atoms. The quantitative estimate of drug-likeness (QED) is 0.140. The van der Waals surface area contributed by atoms with Crippen LogP contribution in [-0.4, -0.2) is 5.75 Å². The topological polar surface area (TPSA) is 17.1 Å². The normalized spacial score (nSPS) is 12.0. The van der Waals surface area contributed by atoms with E-state index in [1.165, 1.54) is 114 Å². The van der Waals surface area contributed by atoms with E-state index in [2.05, 4.69) is 37.9 Å². The summed E-state index contributed by atoms with van der Waals surface area (Å²) in [6.45, 7) is 2.28. The van der Waals surface area contributed by atoms with Crippen molar-refractivity contribution in [3.8, 4) is 0 Å². The maximum Gasteiger partial charge on any atom is 0.260 e. The summed E-state index contributed by atoms with van der Waals surface area (Å²) in [6.07, 6.45) is 22.4. The van der Waals surface area contributed by atoms with E-state index in [0.717, 1.165) is 5.75 Å². The first kappa shape index (κ1) is 24.5. The zero-order valence-electron chi connectivity index (χ0n) is 15.0. The van der Waals surface area contributed by atoms with Gasteiger partial charge < -0.3 is 0 Å². The smallest absolute Gasteiger partial charge is 0.260 e. The van der Waals surface area contributed by atoms with Gasteiger partial charge in [0.05, 0.1) is 0 Å². The van der Waals surface area contributed by atoms with Crippen molar-refractivity contribution in [3.63, 3.8) is 0 Å². The number of unbranched alkanes of at least 4 members (excludes halogenated alkanes) is 15. The lowest BCUT2D eigenvalue weighted by atomic mass is 10.0. The summed E-state index contributed by atoms with van der Waals surface area (Å²) in [6, 6.07) is 0. The number of hydrogen-bond donors (Lipinski definition) is 0. The molecule has 0 aromatic heterocycles. The molecule has 140 valence electrons. The van der Waals surface area contributed by atoms with Crippen molar-refractivity contribution >= 4 is 46.1 Å². The fraction of sp³-hybridized carbons (Fsp3) is 1.00. The van der Waals surface area contributed by atoms with Gasteiger partial charge in [-0.1, -0.05) is 115 Å². The first-order valence-corrected chi connectivity index (χ1v) is 17.0. The van der Waals surface area contributed by atoms with Crippen LogP contribution in [0, 0.1) is 0 Å². The molecular formula is C18H37Br2OPS. The summed E-state index contributed by atoms with van der Waals surface area (Å²) in [7, 11) is 0. The Morgan fingerprint density at radius 3 is 1.22 bits per heavy atom. The van der Waals surface area contributed by atoms with Gasteiger partial charge >= 0.3 is 0 Å². The first-order valence-electron chi connectivity index (χ1n) is 9.70. The minimum Gasteiger partial charge on any atom is -0.288 e. The van der Waals surface area contributed by atoms with Gasteiger partial charge in [0.2, 0.25) is 0 Å². The molecule has 0 aliphatic heterocycles. The molecule has 0 aliphatic carbocycles. The Kier molecular flexibility index (Phi) is 19.6. The Morgan fingerprint density at radius 2 is 0.913 bits per heavy atom. The van der Waals surface area contributed by atoms with Crippen LogP contribution in [0.3, 0.4) is 0 Å². The third-order valence-electron chi connectivity index (χ3n) is 4.24. The molecule has 0 saturated carbocycles. The highest BCUT2D eigenvalue weighted by molar-refractivity contribution is 9.79. The Morgan fingerprint density at radius 1 is 0.609 bits per heavy atom. The minimum absolute atomic E-state index is 0.992. The zero-order chi connectivity index (χ0) is 17.2. The highest BCUT2D eigenvalue weighted by atomic mass is 79.9. The van der Waals surface area contributed by atoms with Gasteiger partial charge in [-0.05, 0) is 6.42 Å². The molecule has 23 heavy (non-hydrogen) atoms. The molecule has 0 aliphatic rings. The largest absolute Gasteiger partial charge is 0.288 e. The van der Waals surface area contributed by atoms with E-state index >= 15 is 0 Å². The average Bonchev–Trinajstić information content (AvgIpc) is 2.49. The predicted molar refractivity (Wildman–Crippen MR) is 117 cm³/mol. The van der Waals surface area contributed by atoms with Gasteiger partial charge in [0.1, 0.15) is 0 Å². The van der Waals surface area contributed by atoms with E-state index in [-0.39, 0.29) is 0 Å². The maximum absolute atomic E-state index is 11.4. The second-order valence-electron chi connectivity index (χ2n) is 6.55. The Bertz CT molecular complexity index is 284. The standard InChI is InChI=1S/C18H37Br2OPS/c1-2-3-4-5-6-7-8-9-10-11-12-13-14-15-16-17-18-23-22(19,20)21/h2-18H2,1H3. The second-order valence-corrected chi connectivity index (χ2v) is 22.0. The summed E-state index contributed by atoms with van der Waals surface area (Å²) >= 11 is 7.83. The number of rotatable bonds is 18.